The third-order valence-corrected chi connectivity index (χ3v) is 4.45. The van der Waals surface area contributed by atoms with E-state index in [4.69, 9.17) is 23.2 Å². The molecule has 0 saturated heterocycles. The molecule has 1 N–H and O–H groups in total. The predicted molar refractivity (Wildman–Crippen MR) is 95.0 cm³/mol. The number of hydrogen-bond donors (Lipinski definition) is 1. The van der Waals surface area contributed by atoms with Crippen LogP contribution in [0.5, 0.6) is 0 Å². The van der Waals surface area contributed by atoms with Crippen LogP contribution in [0.15, 0.2) is 35.3 Å². The monoisotopic (exact) mass is 379 g/mol. The van der Waals surface area contributed by atoms with Gasteiger partial charge in [0.2, 0.25) is 5.91 Å². The number of aromatic nitrogens is 4. The molecule has 1 atom stereocenters. The van der Waals surface area contributed by atoms with Crippen LogP contribution < -0.4 is 11.0 Å². The van der Waals surface area contributed by atoms with Gasteiger partial charge in [-0.1, -0.05) is 29.3 Å². The van der Waals surface area contributed by atoms with Crippen molar-refractivity contribution in [2.24, 2.45) is 0 Å². The average molecular weight is 380 g/mol. The lowest BCUT2D eigenvalue weighted by Crippen LogP contribution is -2.34. The summed E-state index contributed by atoms with van der Waals surface area (Å²) in [6, 6.07) is 6.55. The lowest BCUT2D eigenvalue weighted by atomic mass is 10.1. The summed E-state index contributed by atoms with van der Waals surface area (Å²) < 4.78 is 2.38. The van der Waals surface area contributed by atoms with E-state index in [1.54, 1.807) is 37.4 Å². The molecule has 0 radical (unpaired) electrons. The maximum atomic E-state index is 12.2. The fourth-order valence-electron chi connectivity index (χ4n) is 2.38. The molecule has 3 aromatic rings. The largest absolute Gasteiger partial charge is 0.352 e. The normalized spacial score (nSPS) is 12.3. The summed E-state index contributed by atoms with van der Waals surface area (Å²) in [7, 11) is 0. The zero-order valence-electron chi connectivity index (χ0n) is 13.5. The number of hydrogen-bond acceptors (Lipinski definition) is 4. The number of halogens is 2. The van der Waals surface area contributed by atoms with Crippen molar-refractivity contribution in [1.29, 1.82) is 0 Å². The number of rotatable bonds is 4. The fourth-order valence-corrected chi connectivity index (χ4v) is 2.69. The van der Waals surface area contributed by atoms with E-state index in [9.17, 15) is 9.59 Å². The lowest BCUT2D eigenvalue weighted by molar-refractivity contribution is -0.122. The molecule has 0 unspecified atom stereocenters. The van der Waals surface area contributed by atoms with Crippen molar-refractivity contribution in [3.05, 3.63) is 62.2 Å². The second-order valence-electron chi connectivity index (χ2n) is 5.64. The van der Waals surface area contributed by atoms with Crippen LogP contribution in [0.3, 0.4) is 0 Å². The number of amides is 1. The SMILES string of the molecule is Cc1ccn2c(=O)n(CC(=O)N[C@@H](C)c3ccc(Cl)c(Cl)c3)nc2n1. The summed E-state index contributed by atoms with van der Waals surface area (Å²) in [5.74, 6) is -0.0869. The van der Waals surface area contributed by atoms with Crippen LogP contribution in [0.1, 0.15) is 24.2 Å². The van der Waals surface area contributed by atoms with Crippen molar-refractivity contribution in [3.63, 3.8) is 0 Å². The first-order chi connectivity index (χ1) is 11.8. The molecule has 7 nitrogen and oxygen atoms in total. The molecule has 2 heterocycles. The Bertz CT molecular complexity index is 1010. The van der Waals surface area contributed by atoms with E-state index in [0.717, 1.165) is 15.9 Å². The van der Waals surface area contributed by atoms with E-state index in [2.05, 4.69) is 15.4 Å². The average Bonchev–Trinajstić information content (AvgIpc) is 2.85. The van der Waals surface area contributed by atoms with Crippen molar-refractivity contribution in [3.8, 4) is 0 Å². The molecular weight excluding hydrogens is 365 g/mol. The van der Waals surface area contributed by atoms with Crippen LogP contribution in [0, 0.1) is 6.92 Å². The first kappa shape index (κ1) is 17.4. The quantitative estimate of drug-likeness (QED) is 0.754. The first-order valence-electron chi connectivity index (χ1n) is 7.52. The number of carbonyl (C=O) groups is 1. The van der Waals surface area contributed by atoms with E-state index in [-0.39, 0.29) is 24.3 Å². The van der Waals surface area contributed by atoms with Crippen molar-refractivity contribution in [2.75, 3.05) is 0 Å². The number of carbonyl (C=O) groups excluding carboxylic acids is 1. The van der Waals surface area contributed by atoms with Gasteiger partial charge in [0.1, 0.15) is 6.54 Å². The summed E-state index contributed by atoms with van der Waals surface area (Å²) in [5, 5.41) is 7.74. The van der Waals surface area contributed by atoms with Gasteiger partial charge in [-0.3, -0.25) is 4.79 Å². The maximum Gasteiger partial charge on any atom is 0.352 e. The van der Waals surface area contributed by atoms with Crippen molar-refractivity contribution >= 4 is 34.9 Å². The zero-order valence-corrected chi connectivity index (χ0v) is 15.0. The molecular formula is C16H15Cl2N5O2. The van der Waals surface area contributed by atoms with Crippen LogP contribution in [0.25, 0.3) is 5.78 Å². The topological polar surface area (TPSA) is 81.3 Å². The molecule has 0 saturated carbocycles. The minimum absolute atomic E-state index is 0.201. The van der Waals surface area contributed by atoms with Gasteiger partial charge in [-0.15, -0.1) is 5.10 Å². The summed E-state index contributed by atoms with van der Waals surface area (Å²) in [6.45, 7) is 3.41. The van der Waals surface area contributed by atoms with Gasteiger partial charge in [0.15, 0.2) is 0 Å². The number of nitrogens with one attached hydrogen (secondary N) is 1. The second-order valence-corrected chi connectivity index (χ2v) is 6.46. The highest BCUT2D eigenvalue weighted by Crippen LogP contribution is 2.25. The number of fused-ring (bicyclic) bond motifs is 1. The molecule has 25 heavy (non-hydrogen) atoms. The minimum atomic E-state index is -0.417. The molecule has 130 valence electrons. The van der Waals surface area contributed by atoms with Gasteiger partial charge in [-0.2, -0.15) is 0 Å². The third kappa shape index (κ3) is 3.67. The molecule has 0 aliphatic rings. The molecule has 0 aliphatic carbocycles. The van der Waals surface area contributed by atoms with E-state index in [1.807, 2.05) is 6.92 Å². The van der Waals surface area contributed by atoms with Crippen LogP contribution in [0.2, 0.25) is 10.0 Å². The van der Waals surface area contributed by atoms with Crippen molar-refractivity contribution < 1.29 is 4.79 Å². The Labute approximate surface area is 153 Å². The van der Waals surface area contributed by atoms with Crippen LogP contribution in [-0.4, -0.2) is 25.1 Å². The highest BCUT2D eigenvalue weighted by Gasteiger charge is 2.15. The highest BCUT2D eigenvalue weighted by molar-refractivity contribution is 6.42. The Morgan fingerprint density at radius 2 is 2.04 bits per heavy atom. The molecule has 1 amide bonds. The molecule has 0 spiro atoms. The number of benzene rings is 1. The Morgan fingerprint density at radius 1 is 1.28 bits per heavy atom. The van der Waals surface area contributed by atoms with Crippen LogP contribution >= 0.6 is 23.2 Å². The van der Waals surface area contributed by atoms with E-state index < -0.39 is 5.69 Å². The van der Waals surface area contributed by atoms with Gasteiger partial charge >= 0.3 is 5.69 Å². The minimum Gasteiger partial charge on any atom is -0.348 e. The molecule has 0 fully saturated rings. The summed E-state index contributed by atoms with van der Waals surface area (Å²) in [5.41, 5.74) is 1.13. The van der Waals surface area contributed by atoms with E-state index in [1.165, 1.54) is 4.40 Å². The zero-order chi connectivity index (χ0) is 18.1. The van der Waals surface area contributed by atoms with Gasteiger partial charge < -0.3 is 5.32 Å². The van der Waals surface area contributed by atoms with Gasteiger partial charge in [0.05, 0.1) is 16.1 Å². The van der Waals surface area contributed by atoms with Gasteiger partial charge in [-0.05, 0) is 37.6 Å². The molecule has 0 aliphatic heterocycles. The highest BCUT2D eigenvalue weighted by atomic mass is 35.5. The summed E-state index contributed by atoms with van der Waals surface area (Å²) in [4.78, 5) is 28.6. The molecule has 1 aromatic carbocycles. The Morgan fingerprint density at radius 3 is 2.76 bits per heavy atom. The number of nitrogens with zero attached hydrogens (tertiary/aromatic N) is 4. The summed E-state index contributed by atoms with van der Waals surface area (Å²) >= 11 is 11.9. The second kappa shape index (κ2) is 6.85. The van der Waals surface area contributed by atoms with Crippen molar-refractivity contribution in [1.82, 2.24) is 24.5 Å². The third-order valence-electron chi connectivity index (χ3n) is 3.71. The Kier molecular flexibility index (Phi) is 4.78. The Hall–Kier alpha value is -2.38. The predicted octanol–water partition coefficient (Wildman–Crippen LogP) is 2.38. The Balaban J connectivity index is 1.75. The fraction of sp³-hybridized carbons (Fsp3) is 0.250. The lowest BCUT2D eigenvalue weighted by Gasteiger charge is -2.14. The first-order valence-corrected chi connectivity index (χ1v) is 8.28. The summed E-state index contributed by atoms with van der Waals surface area (Å²) in [6.07, 6.45) is 1.58. The number of aryl methyl sites for hydroxylation is 1. The molecule has 9 heteroatoms. The molecule has 0 bridgehead atoms. The maximum absolute atomic E-state index is 12.2. The van der Waals surface area contributed by atoms with Gasteiger partial charge in [-0.25, -0.2) is 18.9 Å². The molecule has 2 aromatic heterocycles. The van der Waals surface area contributed by atoms with Gasteiger partial charge in [0.25, 0.3) is 5.78 Å². The van der Waals surface area contributed by atoms with Crippen LogP contribution in [-0.2, 0) is 11.3 Å². The van der Waals surface area contributed by atoms with Crippen molar-refractivity contribution in [2.45, 2.75) is 26.4 Å². The smallest absolute Gasteiger partial charge is 0.348 e. The standard InChI is InChI=1S/C16H15Cl2N5O2/c1-9-5-6-22-15(19-9)21-23(16(22)25)8-14(24)20-10(2)11-3-4-12(17)13(18)7-11/h3-7,10H,8H2,1-2H3,(H,20,24)/t10-/m0/s1. The van der Waals surface area contributed by atoms with Crippen LogP contribution in [0.4, 0.5) is 0 Å². The molecule has 3 rings (SSSR count). The van der Waals surface area contributed by atoms with E-state index in [0.29, 0.717) is 10.0 Å². The van der Waals surface area contributed by atoms with Gasteiger partial charge in [0, 0.05) is 11.9 Å². The van der Waals surface area contributed by atoms with E-state index >= 15 is 0 Å².